The van der Waals surface area contributed by atoms with Gasteiger partial charge in [-0.25, -0.2) is 0 Å². The van der Waals surface area contributed by atoms with Crippen molar-refractivity contribution >= 4 is 17.7 Å². The molecule has 4 nitrogen and oxygen atoms in total. The summed E-state index contributed by atoms with van der Waals surface area (Å²) >= 11 is 1.69. The van der Waals surface area contributed by atoms with Crippen LogP contribution in [-0.2, 0) is 11.3 Å². The summed E-state index contributed by atoms with van der Waals surface area (Å²) in [5.41, 5.74) is 8.85. The largest absolute Gasteiger partial charge is 0.351 e. The van der Waals surface area contributed by atoms with Crippen LogP contribution in [0.15, 0.2) is 48.7 Å². The van der Waals surface area contributed by atoms with Crippen LogP contribution in [0.2, 0.25) is 0 Å². The molecule has 1 heterocycles. The van der Waals surface area contributed by atoms with Crippen LogP contribution in [-0.4, -0.2) is 28.9 Å². The Morgan fingerprint density at radius 1 is 1.32 bits per heavy atom. The van der Waals surface area contributed by atoms with Crippen molar-refractivity contribution in [1.29, 1.82) is 0 Å². The minimum Gasteiger partial charge on any atom is -0.351 e. The fourth-order valence-electron chi connectivity index (χ4n) is 2.07. The first kappa shape index (κ1) is 16.5. The number of amides is 1. The lowest BCUT2D eigenvalue weighted by atomic mass is 10.1. The molecule has 116 valence electrons. The van der Waals surface area contributed by atoms with Crippen molar-refractivity contribution in [3.05, 3.63) is 54.2 Å². The number of benzene rings is 1. The molecule has 22 heavy (non-hydrogen) atoms. The molecule has 2 rings (SSSR count). The van der Waals surface area contributed by atoms with Gasteiger partial charge in [-0.3, -0.25) is 9.78 Å². The summed E-state index contributed by atoms with van der Waals surface area (Å²) in [5, 5.41) is 2.89. The Morgan fingerprint density at radius 2 is 2.18 bits per heavy atom. The number of nitrogens with two attached hydrogens (primary N) is 1. The zero-order chi connectivity index (χ0) is 15.8. The van der Waals surface area contributed by atoms with Gasteiger partial charge in [-0.05, 0) is 42.2 Å². The molecule has 1 aromatic heterocycles. The number of carbonyl (C=O) groups is 1. The predicted molar refractivity (Wildman–Crippen MR) is 92.5 cm³/mol. The lowest BCUT2D eigenvalue weighted by molar-refractivity contribution is -0.122. The summed E-state index contributed by atoms with van der Waals surface area (Å²) in [4.78, 5) is 16.3. The smallest absolute Gasteiger partial charge is 0.237 e. The van der Waals surface area contributed by atoms with E-state index in [-0.39, 0.29) is 5.91 Å². The third-order valence-electron chi connectivity index (χ3n) is 3.32. The van der Waals surface area contributed by atoms with E-state index in [0.29, 0.717) is 13.0 Å². The Kier molecular flexibility index (Phi) is 6.43. The predicted octanol–water partition coefficient (Wildman–Crippen LogP) is 2.45. The van der Waals surface area contributed by atoms with Gasteiger partial charge >= 0.3 is 0 Å². The zero-order valence-electron chi connectivity index (χ0n) is 12.7. The standard InChI is InChI=1S/C17H21N3OS/c1-22-10-8-15(18)17(21)20-12-13-5-4-6-14(11-13)16-7-2-3-9-19-16/h2-7,9,11,15H,8,10,12,18H2,1H3,(H,20,21). The topological polar surface area (TPSA) is 68.0 Å². The summed E-state index contributed by atoms with van der Waals surface area (Å²) in [5.74, 6) is 0.793. The van der Waals surface area contributed by atoms with Crippen molar-refractivity contribution in [2.24, 2.45) is 5.73 Å². The first-order chi connectivity index (χ1) is 10.7. The van der Waals surface area contributed by atoms with E-state index in [4.69, 9.17) is 5.73 Å². The monoisotopic (exact) mass is 315 g/mol. The molecule has 1 atom stereocenters. The number of nitrogens with zero attached hydrogens (tertiary/aromatic N) is 1. The second kappa shape index (κ2) is 8.56. The molecule has 0 spiro atoms. The lowest BCUT2D eigenvalue weighted by Crippen LogP contribution is -2.40. The maximum atomic E-state index is 11.9. The fraction of sp³-hybridized carbons (Fsp3) is 0.294. The van der Waals surface area contributed by atoms with E-state index in [0.717, 1.165) is 22.6 Å². The van der Waals surface area contributed by atoms with Gasteiger partial charge in [0.2, 0.25) is 5.91 Å². The van der Waals surface area contributed by atoms with Crippen LogP contribution in [0.4, 0.5) is 0 Å². The number of nitrogens with one attached hydrogen (secondary N) is 1. The molecular formula is C17H21N3OS. The molecule has 0 aliphatic rings. The van der Waals surface area contributed by atoms with E-state index in [1.54, 1.807) is 18.0 Å². The average Bonchev–Trinajstić information content (AvgIpc) is 2.58. The Balaban J connectivity index is 1.95. The van der Waals surface area contributed by atoms with Crippen LogP contribution in [0.1, 0.15) is 12.0 Å². The van der Waals surface area contributed by atoms with Crippen molar-refractivity contribution in [1.82, 2.24) is 10.3 Å². The van der Waals surface area contributed by atoms with Crippen LogP contribution in [0, 0.1) is 0 Å². The van der Waals surface area contributed by atoms with E-state index in [2.05, 4.69) is 10.3 Å². The zero-order valence-corrected chi connectivity index (χ0v) is 13.5. The minimum atomic E-state index is -0.438. The second-order valence-corrected chi connectivity index (χ2v) is 6.01. The molecule has 1 aromatic carbocycles. The third-order valence-corrected chi connectivity index (χ3v) is 3.97. The number of aromatic nitrogens is 1. The van der Waals surface area contributed by atoms with Gasteiger partial charge in [-0.1, -0.05) is 24.3 Å². The summed E-state index contributed by atoms with van der Waals surface area (Å²) < 4.78 is 0. The minimum absolute atomic E-state index is 0.0997. The SMILES string of the molecule is CSCCC(N)C(=O)NCc1cccc(-c2ccccn2)c1. The molecule has 3 N–H and O–H groups in total. The summed E-state index contributed by atoms with van der Waals surface area (Å²) in [6, 6.07) is 13.4. The highest BCUT2D eigenvalue weighted by molar-refractivity contribution is 7.98. The highest BCUT2D eigenvalue weighted by Crippen LogP contribution is 2.17. The van der Waals surface area contributed by atoms with Gasteiger partial charge in [0.25, 0.3) is 0 Å². The maximum absolute atomic E-state index is 11.9. The van der Waals surface area contributed by atoms with Crippen molar-refractivity contribution in [2.45, 2.75) is 19.0 Å². The number of hydrogen-bond donors (Lipinski definition) is 2. The highest BCUT2D eigenvalue weighted by atomic mass is 32.2. The van der Waals surface area contributed by atoms with Crippen LogP contribution in [0.5, 0.6) is 0 Å². The molecule has 0 aliphatic heterocycles. The molecule has 0 bridgehead atoms. The normalized spacial score (nSPS) is 11.9. The van der Waals surface area contributed by atoms with Crippen LogP contribution in [0.3, 0.4) is 0 Å². The summed E-state index contributed by atoms with van der Waals surface area (Å²) in [6.45, 7) is 0.479. The average molecular weight is 315 g/mol. The molecule has 0 aliphatic carbocycles. The highest BCUT2D eigenvalue weighted by Gasteiger charge is 2.12. The van der Waals surface area contributed by atoms with Crippen molar-refractivity contribution in [3.8, 4) is 11.3 Å². The molecule has 0 saturated heterocycles. The molecule has 2 aromatic rings. The summed E-state index contributed by atoms with van der Waals surface area (Å²) in [6.07, 6.45) is 4.48. The molecule has 5 heteroatoms. The van der Waals surface area contributed by atoms with E-state index in [1.165, 1.54) is 0 Å². The first-order valence-corrected chi connectivity index (χ1v) is 8.62. The molecule has 1 amide bonds. The fourth-order valence-corrected chi connectivity index (χ4v) is 2.56. The van der Waals surface area contributed by atoms with Gasteiger partial charge in [0.1, 0.15) is 0 Å². The maximum Gasteiger partial charge on any atom is 0.237 e. The molecule has 0 saturated carbocycles. The van der Waals surface area contributed by atoms with Gasteiger partial charge in [0.15, 0.2) is 0 Å². The van der Waals surface area contributed by atoms with E-state index < -0.39 is 6.04 Å². The van der Waals surface area contributed by atoms with Gasteiger partial charge in [0.05, 0.1) is 11.7 Å². The number of carbonyl (C=O) groups excluding carboxylic acids is 1. The first-order valence-electron chi connectivity index (χ1n) is 7.23. The number of hydrogen-bond acceptors (Lipinski definition) is 4. The van der Waals surface area contributed by atoms with E-state index in [9.17, 15) is 4.79 Å². The second-order valence-electron chi connectivity index (χ2n) is 5.02. The Morgan fingerprint density at radius 3 is 2.91 bits per heavy atom. The Bertz CT molecular complexity index is 604. The van der Waals surface area contributed by atoms with Gasteiger partial charge in [-0.15, -0.1) is 0 Å². The van der Waals surface area contributed by atoms with Crippen molar-refractivity contribution in [2.75, 3.05) is 12.0 Å². The molecular weight excluding hydrogens is 294 g/mol. The summed E-state index contributed by atoms with van der Waals surface area (Å²) in [7, 11) is 0. The van der Waals surface area contributed by atoms with Crippen LogP contribution >= 0.6 is 11.8 Å². The third kappa shape index (κ3) is 4.86. The Labute approximate surface area is 135 Å². The van der Waals surface area contributed by atoms with Gasteiger partial charge < -0.3 is 11.1 Å². The van der Waals surface area contributed by atoms with Crippen molar-refractivity contribution < 1.29 is 4.79 Å². The van der Waals surface area contributed by atoms with Crippen LogP contribution in [0.25, 0.3) is 11.3 Å². The van der Waals surface area contributed by atoms with E-state index >= 15 is 0 Å². The molecule has 0 fully saturated rings. The van der Waals surface area contributed by atoms with Crippen molar-refractivity contribution in [3.63, 3.8) is 0 Å². The molecule has 0 radical (unpaired) electrons. The lowest BCUT2D eigenvalue weighted by Gasteiger charge is -2.12. The quantitative estimate of drug-likeness (QED) is 0.823. The molecule has 1 unspecified atom stereocenters. The van der Waals surface area contributed by atoms with Gasteiger partial charge in [0, 0.05) is 18.3 Å². The van der Waals surface area contributed by atoms with Crippen LogP contribution < -0.4 is 11.1 Å². The number of pyridine rings is 1. The number of thioether (sulfide) groups is 1. The van der Waals surface area contributed by atoms with E-state index in [1.807, 2.05) is 48.7 Å². The number of rotatable bonds is 7. The Hall–Kier alpha value is -1.85. The van der Waals surface area contributed by atoms with Gasteiger partial charge in [-0.2, -0.15) is 11.8 Å².